The van der Waals surface area contributed by atoms with Crippen LogP contribution < -0.4 is 5.32 Å². The summed E-state index contributed by atoms with van der Waals surface area (Å²) in [6, 6.07) is 8.84. The summed E-state index contributed by atoms with van der Waals surface area (Å²) in [5.41, 5.74) is 2.56. The average Bonchev–Trinajstić information content (AvgIpc) is 3.04. The van der Waals surface area contributed by atoms with E-state index in [9.17, 15) is 0 Å². The minimum Gasteiger partial charge on any atom is -0.339 e. The predicted octanol–water partition coefficient (Wildman–Crippen LogP) is 2.36. The van der Waals surface area contributed by atoms with Crippen LogP contribution in [0.1, 0.15) is 48.6 Å². The number of hydrogen-bond donors (Lipinski definition) is 1. The number of aryl methyl sites for hydroxylation is 1. The SMILES string of the molecule is CCc1ccc(C(C)c2nc(C3CNCCN3C)no2)cc1. The molecule has 1 saturated heterocycles. The van der Waals surface area contributed by atoms with Crippen molar-refractivity contribution in [2.45, 2.75) is 32.2 Å². The molecule has 3 rings (SSSR count). The second-order valence-corrected chi connectivity index (χ2v) is 6.01. The van der Waals surface area contributed by atoms with Crippen molar-refractivity contribution < 1.29 is 4.52 Å². The van der Waals surface area contributed by atoms with E-state index in [0.717, 1.165) is 31.9 Å². The van der Waals surface area contributed by atoms with Gasteiger partial charge in [0, 0.05) is 19.6 Å². The molecule has 0 amide bonds. The van der Waals surface area contributed by atoms with Gasteiger partial charge in [0.05, 0.1) is 12.0 Å². The number of rotatable bonds is 4. The van der Waals surface area contributed by atoms with Crippen LogP contribution in [0.5, 0.6) is 0 Å². The minimum atomic E-state index is 0.119. The number of nitrogens with zero attached hydrogens (tertiary/aromatic N) is 3. The van der Waals surface area contributed by atoms with Gasteiger partial charge in [-0.1, -0.05) is 36.3 Å². The average molecular weight is 300 g/mol. The van der Waals surface area contributed by atoms with Gasteiger partial charge in [0.1, 0.15) is 0 Å². The van der Waals surface area contributed by atoms with Crippen LogP contribution in [0.2, 0.25) is 0 Å². The predicted molar refractivity (Wildman–Crippen MR) is 85.9 cm³/mol. The third-order valence-electron chi connectivity index (χ3n) is 4.52. The van der Waals surface area contributed by atoms with E-state index in [4.69, 9.17) is 4.52 Å². The van der Waals surface area contributed by atoms with Gasteiger partial charge in [-0.25, -0.2) is 0 Å². The first-order valence-electron chi connectivity index (χ1n) is 8.02. The van der Waals surface area contributed by atoms with E-state index >= 15 is 0 Å². The van der Waals surface area contributed by atoms with Gasteiger partial charge in [-0.05, 0) is 31.5 Å². The first-order valence-corrected chi connectivity index (χ1v) is 8.02. The fourth-order valence-corrected chi connectivity index (χ4v) is 2.84. The summed E-state index contributed by atoms with van der Waals surface area (Å²) in [5.74, 6) is 1.59. The van der Waals surface area contributed by atoms with E-state index in [1.807, 2.05) is 0 Å². The Labute approximate surface area is 131 Å². The Kier molecular flexibility index (Phi) is 4.55. The molecule has 22 heavy (non-hydrogen) atoms. The first kappa shape index (κ1) is 15.2. The van der Waals surface area contributed by atoms with Gasteiger partial charge < -0.3 is 9.84 Å². The smallest absolute Gasteiger partial charge is 0.233 e. The summed E-state index contributed by atoms with van der Waals surface area (Å²) in [5, 5.41) is 7.59. The topological polar surface area (TPSA) is 54.2 Å². The molecule has 118 valence electrons. The minimum absolute atomic E-state index is 0.119. The molecule has 1 aliphatic rings. The molecule has 2 unspecified atom stereocenters. The molecule has 1 aromatic heterocycles. The lowest BCUT2D eigenvalue weighted by molar-refractivity contribution is 0.190. The van der Waals surface area contributed by atoms with Crippen molar-refractivity contribution in [2.75, 3.05) is 26.7 Å². The summed E-state index contributed by atoms with van der Waals surface area (Å²) in [6.45, 7) is 7.16. The van der Waals surface area contributed by atoms with Crippen molar-refractivity contribution in [1.29, 1.82) is 0 Å². The van der Waals surface area contributed by atoms with Crippen LogP contribution >= 0.6 is 0 Å². The molecule has 0 bridgehead atoms. The molecule has 1 aliphatic heterocycles. The van der Waals surface area contributed by atoms with Gasteiger partial charge in [-0.2, -0.15) is 4.98 Å². The van der Waals surface area contributed by atoms with E-state index in [0.29, 0.717) is 5.89 Å². The maximum atomic E-state index is 5.52. The van der Waals surface area contributed by atoms with Crippen LogP contribution in [0, 0.1) is 0 Å². The van der Waals surface area contributed by atoms with Crippen LogP contribution in [-0.2, 0) is 6.42 Å². The van der Waals surface area contributed by atoms with Gasteiger partial charge in [-0.3, -0.25) is 4.90 Å². The van der Waals surface area contributed by atoms with Gasteiger partial charge in [-0.15, -0.1) is 0 Å². The van der Waals surface area contributed by atoms with Crippen LogP contribution in [0.4, 0.5) is 0 Å². The fourth-order valence-electron chi connectivity index (χ4n) is 2.84. The Morgan fingerprint density at radius 3 is 2.82 bits per heavy atom. The molecule has 2 heterocycles. The van der Waals surface area contributed by atoms with Crippen molar-refractivity contribution in [3.05, 3.63) is 47.1 Å². The van der Waals surface area contributed by atoms with Crippen molar-refractivity contribution in [2.24, 2.45) is 0 Å². The molecule has 5 nitrogen and oxygen atoms in total. The van der Waals surface area contributed by atoms with Gasteiger partial charge >= 0.3 is 0 Å². The Morgan fingerprint density at radius 1 is 1.36 bits per heavy atom. The second kappa shape index (κ2) is 6.58. The maximum absolute atomic E-state index is 5.52. The summed E-state index contributed by atoms with van der Waals surface area (Å²) in [6.07, 6.45) is 1.06. The molecule has 1 aromatic carbocycles. The van der Waals surface area contributed by atoms with Crippen molar-refractivity contribution >= 4 is 0 Å². The Balaban J connectivity index is 1.77. The normalized spacial score (nSPS) is 21.0. The number of nitrogens with one attached hydrogen (secondary N) is 1. The largest absolute Gasteiger partial charge is 0.339 e. The molecule has 0 radical (unpaired) electrons. The number of aromatic nitrogens is 2. The number of hydrogen-bond acceptors (Lipinski definition) is 5. The van der Waals surface area contributed by atoms with Crippen molar-refractivity contribution in [3.63, 3.8) is 0 Å². The molecule has 2 aromatic rings. The highest BCUT2D eigenvalue weighted by Gasteiger charge is 2.26. The first-order chi connectivity index (χ1) is 10.7. The van der Waals surface area contributed by atoms with Crippen LogP contribution in [0.15, 0.2) is 28.8 Å². The molecule has 2 atom stereocenters. The zero-order valence-electron chi connectivity index (χ0n) is 13.5. The quantitative estimate of drug-likeness (QED) is 0.939. The van der Waals surface area contributed by atoms with Crippen LogP contribution in [0.25, 0.3) is 0 Å². The lowest BCUT2D eigenvalue weighted by Gasteiger charge is -2.30. The Morgan fingerprint density at radius 2 is 2.14 bits per heavy atom. The summed E-state index contributed by atoms with van der Waals surface area (Å²) < 4.78 is 5.52. The third-order valence-corrected chi connectivity index (χ3v) is 4.52. The second-order valence-electron chi connectivity index (χ2n) is 6.01. The van der Waals surface area contributed by atoms with Crippen LogP contribution in [0.3, 0.4) is 0 Å². The lowest BCUT2D eigenvalue weighted by atomic mass is 9.99. The van der Waals surface area contributed by atoms with Crippen molar-refractivity contribution in [1.82, 2.24) is 20.4 Å². The number of piperazine rings is 1. The maximum Gasteiger partial charge on any atom is 0.233 e. The zero-order valence-corrected chi connectivity index (χ0v) is 13.5. The highest BCUT2D eigenvalue weighted by Crippen LogP contribution is 2.25. The molecular formula is C17H24N4O. The van der Waals surface area contributed by atoms with E-state index in [1.54, 1.807) is 0 Å². The monoisotopic (exact) mass is 300 g/mol. The molecule has 0 spiro atoms. The molecule has 0 saturated carbocycles. The summed E-state index contributed by atoms with van der Waals surface area (Å²) in [7, 11) is 2.11. The standard InChI is InChI=1S/C17H24N4O/c1-4-13-5-7-14(8-6-13)12(2)17-19-16(20-22-17)15-11-18-9-10-21(15)3/h5-8,12,15,18H,4,9-11H2,1-3H3. The molecule has 1 fully saturated rings. The van der Waals surface area contributed by atoms with Crippen molar-refractivity contribution in [3.8, 4) is 0 Å². The molecule has 1 N–H and O–H groups in total. The van der Waals surface area contributed by atoms with E-state index in [-0.39, 0.29) is 12.0 Å². The molecular weight excluding hydrogens is 276 g/mol. The molecule has 5 heteroatoms. The summed E-state index contributed by atoms with van der Waals surface area (Å²) >= 11 is 0. The molecule has 0 aliphatic carbocycles. The van der Waals surface area contributed by atoms with Gasteiger partial charge in [0.15, 0.2) is 5.82 Å². The van der Waals surface area contributed by atoms with E-state index in [2.05, 4.69) is 65.5 Å². The number of likely N-dealkylation sites (N-methyl/N-ethyl adjacent to an activating group) is 1. The number of benzene rings is 1. The fraction of sp³-hybridized carbons (Fsp3) is 0.529. The Bertz CT molecular complexity index is 607. The highest BCUT2D eigenvalue weighted by atomic mass is 16.5. The van der Waals surface area contributed by atoms with Crippen LogP contribution in [-0.4, -0.2) is 41.7 Å². The zero-order chi connectivity index (χ0) is 15.5. The lowest BCUT2D eigenvalue weighted by Crippen LogP contribution is -2.44. The van der Waals surface area contributed by atoms with Gasteiger partial charge in [0.25, 0.3) is 0 Å². The van der Waals surface area contributed by atoms with Gasteiger partial charge in [0.2, 0.25) is 5.89 Å². The Hall–Kier alpha value is -1.72. The highest BCUT2D eigenvalue weighted by molar-refractivity contribution is 5.28. The summed E-state index contributed by atoms with van der Waals surface area (Å²) in [4.78, 5) is 6.91. The van der Waals surface area contributed by atoms with E-state index < -0.39 is 0 Å². The third kappa shape index (κ3) is 3.05. The van der Waals surface area contributed by atoms with E-state index in [1.165, 1.54) is 11.1 Å².